The first-order valence-corrected chi connectivity index (χ1v) is 7.56. The first-order valence-electron chi connectivity index (χ1n) is 7.56. The number of aromatic nitrogens is 1. The quantitative estimate of drug-likeness (QED) is 0.684. The Morgan fingerprint density at radius 1 is 1.29 bits per heavy atom. The van der Waals surface area contributed by atoms with Crippen LogP contribution in [0.3, 0.4) is 0 Å². The average Bonchev–Trinajstić information content (AvgIpc) is 3.00. The van der Waals surface area contributed by atoms with Crippen molar-refractivity contribution in [1.29, 1.82) is 0 Å². The van der Waals surface area contributed by atoms with Gasteiger partial charge in [0.25, 0.3) is 11.5 Å². The Bertz CT molecular complexity index is 953. The highest BCUT2D eigenvalue weighted by atomic mass is 16.4. The van der Waals surface area contributed by atoms with Crippen molar-refractivity contribution in [1.82, 2.24) is 10.3 Å². The number of pyridine rings is 1. The van der Waals surface area contributed by atoms with Gasteiger partial charge in [-0.3, -0.25) is 9.59 Å². The summed E-state index contributed by atoms with van der Waals surface area (Å²) >= 11 is 0. The summed E-state index contributed by atoms with van der Waals surface area (Å²) in [6.45, 7) is 3.28. The molecule has 2 heterocycles. The Morgan fingerprint density at radius 3 is 2.75 bits per heavy atom. The summed E-state index contributed by atoms with van der Waals surface area (Å²) in [7, 11) is 0. The van der Waals surface area contributed by atoms with Crippen molar-refractivity contribution >= 4 is 16.7 Å². The lowest BCUT2D eigenvalue weighted by atomic mass is 10.0. The molecule has 1 amide bonds. The summed E-state index contributed by atoms with van der Waals surface area (Å²) < 4.78 is 5.40. The molecule has 0 saturated heterocycles. The van der Waals surface area contributed by atoms with E-state index in [1.807, 2.05) is 0 Å². The molecule has 6 heteroatoms. The fourth-order valence-corrected chi connectivity index (χ4v) is 2.49. The summed E-state index contributed by atoms with van der Waals surface area (Å²) in [6.07, 6.45) is 0. The van der Waals surface area contributed by atoms with Crippen LogP contribution in [0.5, 0.6) is 0 Å². The van der Waals surface area contributed by atoms with E-state index in [-0.39, 0.29) is 17.8 Å². The van der Waals surface area contributed by atoms with E-state index in [2.05, 4.69) is 10.3 Å². The van der Waals surface area contributed by atoms with Gasteiger partial charge in [0, 0.05) is 5.39 Å². The van der Waals surface area contributed by atoms with Crippen molar-refractivity contribution in [2.24, 2.45) is 0 Å². The van der Waals surface area contributed by atoms with Crippen molar-refractivity contribution in [3.63, 3.8) is 0 Å². The lowest BCUT2D eigenvalue weighted by Crippen LogP contribution is -2.39. The summed E-state index contributed by atoms with van der Waals surface area (Å²) in [4.78, 5) is 26.9. The predicted molar refractivity (Wildman–Crippen MR) is 89.9 cm³/mol. The summed E-state index contributed by atoms with van der Waals surface area (Å²) in [5, 5.41) is 14.3. The molecule has 1 atom stereocenters. The molecule has 0 fully saturated rings. The second kappa shape index (κ2) is 5.98. The van der Waals surface area contributed by atoms with E-state index in [1.54, 1.807) is 56.3 Å². The standard InChI is InChI=1S/C18H18N2O4/c1-11-7-8-15(24-11)18(2,23)10-19-17(22)14-9-12-5-3-4-6-13(12)16(21)20-14/h3-9,23H,10H2,1-2H3,(H,19,22)(H,20,21)/t18-/m1/s1. The number of amides is 1. The van der Waals surface area contributed by atoms with Crippen molar-refractivity contribution in [2.75, 3.05) is 6.54 Å². The smallest absolute Gasteiger partial charge is 0.267 e. The highest BCUT2D eigenvalue weighted by molar-refractivity contribution is 5.96. The normalized spacial score (nSPS) is 13.6. The first kappa shape index (κ1) is 16.0. The number of rotatable bonds is 4. The van der Waals surface area contributed by atoms with Gasteiger partial charge in [-0.2, -0.15) is 0 Å². The molecule has 0 aliphatic carbocycles. The maximum Gasteiger partial charge on any atom is 0.267 e. The van der Waals surface area contributed by atoms with Gasteiger partial charge >= 0.3 is 0 Å². The first-order chi connectivity index (χ1) is 11.4. The number of aryl methyl sites for hydroxylation is 1. The Hall–Kier alpha value is -2.86. The van der Waals surface area contributed by atoms with Crippen molar-refractivity contribution in [3.8, 4) is 0 Å². The van der Waals surface area contributed by atoms with Crippen LogP contribution in [-0.4, -0.2) is 22.5 Å². The van der Waals surface area contributed by atoms with Crippen molar-refractivity contribution in [3.05, 3.63) is 70.0 Å². The third-order valence-electron chi connectivity index (χ3n) is 3.86. The van der Waals surface area contributed by atoms with Crippen LogP contribution in [0.2, 0.25) is 0 Å². The number of carbonyl (C=O) groups is 1. The Labute approximate surface area is 138 Å². The number of H-pyrrole nitrogens is 1. The van der Waals surface area contributed by atoms with E-state index >= 15 is 0 Å². The van der Waals surface area contributed by atoms with Crippen LogP contribution in [-0.2, 0) is 5.60 Å². The molecule has 6 nitrogen and oxygen atoms in total. The minimum absolute atomic E-state index is 0.0480. The van der Waals surface area contributed by atoms with Crippen LogP contribution in [0.15, 0.2) is 51.7 Å². The number of hydrogen-bond donors (Lipinski definition) is 3. The maximum atomic E-state index is 12.3. The average molecular weight is 326 g/mol. The van der Waals surface area contributed by atoms with Gasteiger partial charge in [-0.15, -0.1) is 0 Å². The van der Waals surface area contributed by atoms with Crippen LogP contribution in [0.1, 0.15) is 28.9 Å². The number of carbonyl (C=O) groups excluding carboxylic acids is 1. The molecular weight excluding hydrogens is 308 g/mol. The number of aromatic amines is 1. The Kier molecular flexibility index (Phi) is 3.99. The van der Waals surface area contributed by atoms with E-state index in [0.717, 1.165) is 0 Å². The summed E-state index contributed by atoms with van der Waals surface area (Å²) in [5.41, 5.74) is -1.53. The molecule has 0 unspecified atom stereocenters. The van der Waals surface area contributed by atoms with Crippen LogP contribution < -0.4 is 10.9 Å². The molecule has 0 bridgehead atoms. The number of hydrogen-bond acceptors (Lipinski definition) is 4. The summed E-state index contributed by atoms with van der Waals surface area (Å²) in [6, 6.07) is 12.0. The molecule has 0 aliphatic heterocycles. The Balaban J connectivity index is 1.79. The van der Waals surface area contributed by atoms with E-state index in [0.29, 0.717) is 22.3 Å². The maximum absolute atomic E-state index is 12.3. The fourth-order valence-electron chi connectivity index (χ4n) is 2.49. The third-order valence-corrected chi connectivity index (χ3v) is 3.86. The Morgan fingerprint density at radius 2 is 2.04 bits per heavy atom. The van der Waals surface area contributed by atoms with Crippen LogP contribution >= 0.6 is 0 Å². The number of aliphatic hydroxyl groups is 1. The molecule has 0 spiro atoms. The van der Waals surface area contributed by atoms with Crippen LogP contribution in [0.25, 0.3) is 10.8 Å². The van der Waals surface area contributed by atoms with Gasteiger partial charge in [-0.05, 0) is 43.5 Å². The molecule has 3 rings (SSSR count). The molecule has 3 aromatic rings. The zero-order valence-corrected chi connectivity index (χ0v) is 13.4. The molecule has 1 aromatic carbocycles. The number of furan rings is 1. The number of benzene rings is 1. The van der Waals surface area contributed by atoms with Gasteiger partial charge in [0.1, 0.15) is 22.8 Å². The van der Waals surface area contributed by atoms with Gasteiger partial charge in [0.2, 0.25) is 0 Å². The minimum Gasteiger partial charge on any atom is -0.463 e. The van der Waals surface area contributed by atoms with Crippen molar-refractivity contribution < 1.29 is 14.3 Å². The van der Waals surface area contributed by atoms with Gasteiger partial charge in [-0.25, -0.2) is 0 Å². The zero-order valence-electron chi connectivity index (χ0n) is 13.4. The number of nitrogens with one attached hydrogen (secondary N) is 2. The zero-order chi connectivity index (χ0) is 17.3. The molecular formula is C18H18N2O4. The second-order valence-electron chi connectivity index (χ2n) is 5.97. The number of fused-ring (bicyclic) bond motifs is 1. The molecule has 0 saturated carbocycles. The minimum atomic E-state index is -1.35. The second-order valence-corrected chi connectivity index (χ2v) is 5.97. The van der Waals surface area contributed by atoms with Crippen molar-refractivity contribution in [2.45, 2.75) is 19.4 Å². The van der Waals surface area contributed by atoms with Crippen LogP contribution in [0.4, 0.5) is 0 Å². The molecule has 0 radical (unpaired) electrons. The lowest BCUT2D eigenvalue weighted by molar-refractivity contribution is 0.0322. The van der Waals surface area contributed by atoms with E-state index in [1.165, 1.54) is 0 Å². The largest absolute Gasteiger partial charge is 0.463 e. The van der Waals surface area contributed by atoms with Gasteiger partial charge in [0.15, 0.2) is 0 Å². The molecule has 124 valence electrons. The van der Waals surface area contributed by atoms with Crippen LogP contribution in [0, 0.1) is 6.92 Å². The highest BCUT2D eigenvalue weighted by Gasteiger charge is 2.27. The molecule has 0 aliphatic rings. The van der Waals surface area contributed by atoms with Gasteiger partial charge < -0.3 is 19.8 Å². The van der Waals surface area contributed by atoms with E-state index in [9.17, 15) is 14.7 Å². The third kappa shape index (κ3) is 3.09. The monoisotopic (exact) mass is 326 g/mol. The lowest BCUT2D eigenvalue weighted by Gasteiger charge is -2.21. The molecule has 3 N–H and O–H groups in total. The van der Waals surface area contributed by atoms with E-state index < -0.39 is 11.5 Å². The van der Waals surface area contributed by atoms with Gasteiger partial charge in [-0.1, -0.05) is 18.2 Å². The summed E-state index contributed by atoms with van der Waals surface area (Å²) in [5.74, 6) is 0.573. The van der Waals surface area contributed by atoms with Gasteiger partial charge in [0.05, 0.1) is 6.54 Å². The molecule has 24 heavy (non-hydrogen) atoms. The molecule has 2 aromatic heterocycles. The SMILES string of the molecule is Cc1ccc([C@](C)(O)CNC(=O)c2cc3ccccc3c(=O)[nH]2)o1. The van der Waals surface area contributed by atoms with E-state index in [4.69, 9.17) is 4.42 Å². The highest BCUT2D eigenvalue weighted by Crippen LogP contribution is 2.22. The predicted octanol–water partition coefficient (Wildman–Crippen LogP) is 2.07. The topological polar surface area (TPSA) is 95.3 Å². The fraction of sp³-hybridized carbons (Fsp3) is 0.222.